The molecule has 0 radical (unpaired) electrons. The fraction of sp³-hybridized carbons (Fsp3) is 0.0667. The minimum absolute atomic E-state index is 0.0605. The van der Waals surface area contributed by atoms with Gasteiger partial charge in [-0.1, -0.05) is 29.8 Å². The molecular formula is C15H13N3O3. The number of nitro benzene ring substituents is 1. The molecule has 0 saturated heterocycles. The van der Waals surface area contributed by atoms with Gasteiger partial charge in [-0.2, -0.15) is 5.10 Å². The third-order valence-corrected chi connectivity index (χ3v) is 2.80. The Morgan fingerprint density at radius 1 is 1.14 bits per heavy atom. The van der Waals surface area contributed by atoms with Crippen molar-refractivity contribution in [2.75, 3.05) is 0 Å². The molecule has 0 bridgehead atoms. The molecule has 6 nitrogen and oxygen atoms in total. The number of benzene rings is 2. The fourth-order valence-corrected chi connectivity index (χ4v) is 1.62. The van der Waals surface area contributed by atoms with E-state index < -0.39 is 10.8 Å². The summed E-state index contributed by atoms with van der Waals surface area (Å²) in [4.78, 5) is 21.8. The van der Waals surface area contributed by atoms with Crippen LogP contribution in [0.4, 0.5) is 5.69 Å². The number of non-ortho nitro benzene ring substituents is 1. The van der Waals surface area contributed by atoms with E-state index in [2.05, 4.69) is 10.5 Å². The maximum Gasteiger partial charge on any atom is 0.271 e. The van der Waals surface area contributed by atoms with Crippen LogP contribution in [0.25, 0.3) is 0 Å². The van der Waals surface area contributed by atoms with Gasteiger partial charge >= 0.3 is 0 Å². The highest BCUT2D eigenvalue weighted by Crippen LogP contribution is 2.11. The van der Waals surface area contributed by atoms with E-state index >= 15 is 0 Å². The Bertz CT molecular complexity index is 676. The Labute approximate surface area is 121 Å². The molecule has 0 fully saturated rings. The Balaban J connectivity index is 1.98. The Kier molecular flexibility index (Phi) is 4.40. The number of nitrogens with zero attached hydrogens (tertiary/aromatic N) is 2. The van der Waals surface area contributed by atoms with Crippen LogP contribution >= 0.6 is 0 Å². The van der Waals surface area contributed by atoms with Gasteiger partial charge in [-0.3, -0.25) is 14.9 Å². The van der Waals surface area contributed by atoms with Crippen molar-refractivity contribution in [1.82, 2.24) is 5.43 Å². The zero-order valence-corrected chi connectivity index (χ0v) is 11.3. The van der Waals surface area contributed by atoms with Gasteiger partial charge in [0.15, 0.2) is 0 Å². The molecule has 6 heteroatoms. The van der Waals surface area contributed by atoms with E-state index in [1.807, 2.05) is 31.2 Å². The summed E-state index contributed by atoms with van der Waals surface area (Å²) in [5, 5.41) is 14.4. The highest BCUT2D eigenvalue weighted by Gasteiger charge is 2.08. The summed E-state index contributed by atoms with van der Waals surface area (Å²) in [7, 11) is 0. The summed E-state index contributed by atoms with van der Waals surface area (Å²) in [6.45, 7) is 1.98. The summed E-state index contributed by atoms with van der Waals surface area (Å²) < 4.78 is 0. The third-order valence-electron chi connectivity index (χ3n) is 2.80. The van der Waals surface area contributed by atoms with Crippen LogP contribution in [-0.4, -0.2) is 17.0 Å². The number of rotatable bonds is 4. The van der Waals surface area contributed by atoms with E-state index in [1.54, 1.807) is 0 Å². The van der Waals surface area contributed by atoms with Crippen molar-refractivity contribution in [3.63, 3.8) is 0 Å². The first-order valence-electron chi connectivity index (χ1n) is 6.21. The Morgan fingerprint density at radius 3 is 2.33 bits per heavy atom. The molecule has 0 aliphatic carbocycles. The lowest BCUT2D eigenvalue weighted by Gasteiger charge is -1.99. The van der Waals surface area contributed by atoms with Crippen LogP contribution in [0.15, 0.2) is 53.6 Å². The number of carbonyl (C=O) groups is 1. The second kappa shape index (κ2) is 6.42. The lowest BCUT2D eigenvalue weighted by molar-refractivity contribution is -0.384. The summed E-state index contributed by atoms with van der Waals surface area (Å²) >= 11 is 0. The van der Waals surface area contributed by atoms with Crippen molar-refractivity contribution in [3.8, 4) is 0 Å². The number of nitro groups is 1. The number of hydrogen-bond donors (Lipinski definition) is 1. The zero-order valence-electron chi connectivity index (χ0n) is 11.3. The smallest absolute Gasteiger partial charge is 0.267 e. The Hall–Kier alpha value is -3.02. The molecule has 2 aromatic rings. The second-order valence-corrected chi connectivity index (χ2v) is 4.41. The van der Waals surface area contributed by atoms with E-state index in [9.17, 15) is 14.9 Å². The van der Waals surface area contributed by atoms with Crippen LogP contribution in [0, 0.1) is 17.0 Å². The van der Waals surface area contributed by atoms with Crippen LogP contribution in [0.3, 0.4) is 0 Å². The molecular weight excluding hydrogens is 270 g/mol. The van der Waals surface area contributed by atoms with Gasteiger partial charge in [-0.25, -0.2) is 5.43 Å². The van der Waals surface area contributed by atoms with E-state index in [0.29, 0.717) is 5.56 Å². The molecule has 0 aliphatic heterocycles. The topological polar surface area (TPSA) is 84.6 Å². The lowest BCUT2D eigenvalue weighted by atomic mass is 10.2. The monoisotopic (exact) mass is 283 g/mol. The van der Waals surface area contributed by atoms with E-state index in [-0.39, 0.29) is 5.69 Å². The first-order valence-corrected chi connectivity index (χ1v) is 6.21. The number of carbonyl (C=O) groups excluding carboxylic acids is 1. The molecule has 2 aromatic carbocycles. The van der Waals surface area contributed by atoms with E-state index in [0.717, 1.165) is 11.1 Å². The predicted octanol–water partition coefficient (Wildman–Crippen LogP) is 2.67. The lowest BCUT2D eigenvalue weighted by Crippen LogP contribution is -2.17. The normalized spacial score (nSPS) is 10.5. The van der Waals surface area contributed by atoms with Gasteiger partial charge in [0.05, 0.1) is 11.1 Å². The number of hydrogen-bond acceptors (Lipinski definition) is 4. The third kappa shape index (κ3) is 3.97. The second-order valence-electron chi connectivity index (χ2n) is 4.41. The van der Waals surface area contributed by atoms with Crippen molar-refractivity contribution in [2.45, 2.75) is 6.92 Å². The minimum Gasteiger partial charge on any atom is -0.267 e. The minimum atomic E-state index is -0.517. The number of amides is 1. The van der Waals surface area contributed by atoms with Crippen molar-refractivity contribution >= 4 is 17.8 Å². The molecule has 1 N–H and O–H groups in total. The number of hydrazone groups is 1. The summed E-state index contributed by atoms with van der Waals surface area (Å²) in [6, 6.07) is 13.0. The van der Waals surface area contributed by atoms with Gasteiger partial charge in [-0.05, 0) is 24.6 Å². The molecule has 106 valence electrons. The number of nitrogens with one attached hydrogen (secondary N) is 1. The molecule has 0 heterocycles. The largest absolute Gasteiger partial charge is 0.271 e. The molecule has 0 aliphatic rings. The van der Waals surface area contributed by atoms with Crippen LogP contribution in [0.2, 0.25) is 0 Å². The van der Waals surface area contributed by atoms with Crippen molar-refractivity contribution in [3.05, 3.63) is 75.3 Å². The highest BCUT2D eigenvalue weighted by molar-refractivity contribution is 5.95. The zero-order chi connectivity index (χ0) is 15.2. The molecule has 0 unspecified atom stereocenters. The van der Waals surface area contributed by atoms with E-state index in [4.69, 9.17) is 0 Å². The maximum atomic E-state index is 11.8. The van der Waals surface area contributed by atoms with Crippen molar-refractivity contribution < 1.29 is 9.72 Å². The fourth-order valence-electron chi connectivity index (χ4n) is 1.62. The highest BCUT2D eigenvalue weighted by atomic mass is 16.6. The number of aryl methyl sites for hydroxylation is 1. The van der Waals surface area contributed by atoms with Gasteiger partial charge in [0.2, 0.25) is 0 Å². The summed E-state index contributed by atoms with van der Waals surface area (Å²) in [6.07, 6.45) is 1.53. The standard InChI is InChI=1S/C15H13N3O3/c1-11-2-4-12(5-3-11)10-16-17-15(19)13-6-8-14(9-7-13)18(20)21/h2-10H,1H3,(H,17,19). The van der Waals surface area contributed by atoms with Crippen LogP contribution in [-0.2, 0) is 0 Å². The van der Waals surface area contributed by atoms with Gasteiger partial charge in [0.25, 0.3) is 11.6 Å². The molecule has 0 spiro atoms. The molecule has 0 aromatic heterocycles. The van der Waals surface area contributed by atoms with Gasteiger partial charge in [0.1, 0.15) is 0 Å². The summed E-state index contributed by atoms with van der Waals surface area (Å²) in [5.74, 6) is -0.423. The van der Waals surface area contributed by atoms with Crippen LogP contribution in [0.5, 0.6) is 0 Å². The quantitative estimate of drug-likeness (QED) is 0.532. The first kappa shape index (κ1) is 14.4. The van der Waals surface area contributed by atoms with Gasteiger partial charge in [-0.15, -0.1) is 0 Å². The first-order chi connectivity index (χ1) is 10.1. The van der Waals surface area contributed by atoms with Crippen LogP contribution in [0.1, 0.15) is 21.5 Å². The molecule has 1 amide bonds. The SMILES string of the molecule is Cc1ccc(C=NNC(=O)c2ccc([N+](=O)[O-])cc2)cc1. The van der Waals surface area contributed by atoms with Crippen LogP contribution < -0.4 is 5.43 Å². The van der Waals surface area contributed by atoms with Crippen molar-refractivity contribution in [2.24, 2.45) is 5.10 Å². The molecule has 2 rings (SSSR count). The Morgan fingerprint density at radius 2 is 1.76 bits per heavy atom. The van der Waals surface area contributed by atoms with E-state index in [1.165, 1.54) is 30.5 Å². The van der Waals surface area contributed by atoms with Crippen molar-refractivity contribution in [1.29, 1.82) is 0 Å². The van der Waals surface area contributed by atoms with Gasteiger partial charge in [0, 0.05) is 17.7 Å². The maximum absolute atomic E-state index is 11.8. The average molecular weight is 283 g/mol. The molecule has 0 saturated carbocycles. The molecule has 21 heavy (non-hydrogen) atoms. The predicted molar refractivity (Wildman–Crippen MR) is 79.3 cm³/mol. The summed E-state index contributed by atoms with van der Waals surface area (Å²) in [5.41, 5.74) is 4.62. The average Bonchev–Trinajstić information content (AvgIpc) is 2.49. The molecule has 0 atom stereocenters. The van der Waals surface area contributed by atoms with Gasteiger partial charge < -0.3 is 0 Å².